The van der Waals surface area contributed by atoms with Gasteiger partial charge in [-0.3, -0.25) is 9.47 Å². The lowest BCUT2D eigenvalue weighted by Crippen LogP contribution is -2.40. The Balaban J connectivity index is 1.69. The minimum Gasteiger partial charge on any atom is -0.378 e. The molecule has 2 heterocycles. The SMILES string of the molecule is CC(C)N(CCNc1nc(Nc2cccc(N(C)C)c2)nc2c1ncn2-c1ccccc1)C(C)C. The third-order valence-corrected chi connectivity index (χ3v) is 6.04. The summed E-state index contributed by atoms with van der Waals surface area (Å²) in [7, 11) is 4.05. The molecule has 0 saturated carbocycles. The van der Waals surface area contributed by atoms with E-state index >= 15 is 0 Å². The second kappa shape index (κ2) is 10.7. The van der Waals surface area contributed by atoms with Crippen molar-refractivity contribution in [2.24, 2.45) is 0 Å². The van der Waals surface area contributed by atoms with Crippen LogP contribution in [0.1, 0.15) is 27.7 Å². The van der Waals surface area contributed by atoms with Crippen molar-refractivity contribution in [2.75, 3.05) is 42.7 Å². The van der Waals surface area contributed by atoms with Gasteiger partial charge in [-0.15, -0.1) is 0 Å². The van der Waals surface area contributed by atoms with E-state index in [-0.39, 0.29) is 0 Å². The minimum absolute atomic E-state index is 0.473. The smallest absolute Gasteiger partial charge is 0.231 e. The van der Waals surface area contributed by atoms with Crippen molar-refractivity contribution in [1.82, 2.24) is 24.4 Å². The molecule has 2 aromatic heterocycles. The van der Waals surface area contributed by atoms with Gasteiger partial charge < -0.3 is 15.5 Å². The van der Waals surface area contributed by atoms with Gasteiger partial charge in [-0.25, -0.2) is 4.98 Å². The van der Waals surface area contributed by atoms with E-state index in [9.17, 15) is 0 Å². The molecule has 8 nitrogen and oxygen atoms in total. The number of hydrogen-bond acceptors (Lipinski definition) is 7. The number of para-hydroxylation sites is 1. The summed E-state index contributed by atoms with van der Waals surface area (Å²) in [4.78, 5) is 18.9. The van der Waals surface area contributed by atoms with Gasteiger partial charge in [-0.1, -0.05) is 24.3 Å². The summed E-state index contributed by atoms with van der Waals surface area (Å²) in [5.74, 6) is 1.25. The van der Waals surface area contributed by atoms with E-state index in [0.717, 1.165) is 47.1 Å². The Kier molecular flexibility index (Phi) is 7.51. The van der Waals surface area contributed by atoms with Gasteiger partial charge in [0.05, 0.1) is 0 Å². The molecule has 2 aromatic carbocycles. The number of nitrogens with one attached hydrogen (secondary N) is 2. The Morgan fingerprint density at radius 1 is 0.914 bits per heavy atom. The molecule has 0 aliphatic carbocycles. The fraction of sp³-hybridized carbons (Fsp3) is 0.370. The van der Waals surface area contributed by atoms with Gasteiger partial charge in [0, 0.05) is 56.3 Å². The molecule has 0 fully saturated rings. The highest BCUT2D eigenvalue weighted by atomic mass is 15.2. The van der Waals surface area contributed by atoms with Crippen molar-refractivity contribution in [3.8, 4) is 5.69 Å². The molecule has 0 atom stereocenters. The molecular weight excluding hydrogens is 436 g/mol. The molecule has 35 heavy (non-hydrogen) atoms. The third kappa shape index (κ3) is 5.71. The first-order valence-electron chi connectivity index (χ1n) is 12.2. The molecule has 184 valence electrons. The molecule has 0 radical (unpaired) electrons. The van der Waals surface area contributed by atoms with Crippen LogP contribution in [-0.2, 0) is 0 Å². The predicted octanol–water partition coefficient (Wildman–Crippen LogP) is 5.16. The Labute approximate surface area is 208 Å². The molecule has 4 aromatic rings. The normalized spacial score (nSPS) is 11.6. The number of rotatable bonds is 10. The van der Waals surface area contributed by atoms with Gasteiger partial charge in [-0.2, -0.15) is 9.97 Å². The highest BCUT2D eigenvalue weighted by molar-refractivity contribution is 5.86. The minimum atomic E-state index is 0.473. The van der Waals surface area contributed by atoms with E-state index in [1.165, 1.54) is 0 Å². The van der Waals surface area contributed by atoms with Crippen LogP contribution in [0.15, 0.2) is 60.9 Å². The topological polar surface area (TPSA) is 74.1 Å². The second-order valence-corrected chi connectivity index (χ2v) is 9.44. The number of fused-ring (bicyclic) bond motifs is 1. The lowest BCUT2D eigenvalue weighted by atomic mass is 10.2. The monoisotopic (exact) mass is 472 g/mol. The fourth-order valence-corrected chi connectivity index (χ4v) is 4.26. The van der Waals surface area contributed by atoms with Crippen molar-refractivity contribution in [3.05, 3.63) is 60.9 Å². The summed E-state index contributed by atoms with van der Waals surface area (Å²) in [6.07, 6.45) is 1.81. The molecular formula is C27H36N8. The van der Waals surface area contributed by atoms with E-state index in [0.29, 0.717) is 18.0 Å². The van der Waals surface area contributed by atoms with Crippen LogP contribution >= 0.6 is 0 Å². The summed E-state index contributed by atoms with van der Waals surface area (Å²) in [6, 6.07) is 19.3. The van der Waals surface area contributed by atoms with Crippen LogP contribution in [0.2, 0.25) is 0 Å². The molecule has 0 aliphatic rings. The summed E-state index contributed by atoms with van der Waals surface area (Å²) >= 11 is 0. The van der Waals surface area contributed by atoms with Crippen LogP contribution < -0.4 is 15.5 Å². The quantitative estimate of drug-likeness (QED) is 0.330. The Bertz CT molecular complexity index is 1240. The van der Waals surface area contributed by atoms with Gasteiger partial charge in [0.15, 0.2) is 17.0 Å². The van der Waals surface area contributed by atoms with Crippen LogP contribution in [0.25, 0.3) is 16.9 Å². The van der Waals surface area contributed by atoms with Crippen LogP contribution in [0.3, 0.4) is 0 Å². The zero-order chi connectivity index (χ0) is 24.9. The van der Waals surface area contributed by atoms with Crippen LogP contribution in [-0.4, -0.2) is 63.7 Å². The molecule has 4 rings (SSSR count). The van der Waals surface area contributed by atoms with Crippen molar-refractivity contribution in [1.29, 1.82) is 0 Å². The number of nitrogens with zero attached hydrogens (tertiary/aromatic N) is 6. The number of benzene rings is 2. The molecule has 2 N–H and O–H groups in total. The summed E-state index contributed by atoms with van der Waals surface area (Å²) in [5, 5.41) is 6.93. The average molecular weight is 473 g/mol. The van der Waals surface area contributed by atoms with Crippen LogP contribution in [0.5, 0.6) is 0 Å². The maximum absolute atomic E-state index is 4.86. The number of imidazole rings is 1. The molecule has 0 aliphatic heterocycles. The van der Waals surface area contributed by atoms with Gasteiger partial charge in [-0.05, 0) is 58.0 Å². The van der Waals surface area contributed by atoms with E-state index in [2.05, 4.69) is 65.2 Å². The summed E-state index contributed by atoms with van der Waals surface area (Å²) in [5.41, 5.74) is 4.54. The first kappa shape index (κ1) is 24.5. The fourth-order valence-electron chi connectivity index (χ4n) is 4.26. The molecule has 0 unspecified atom stereocenters. The van der Waals surface area contributed by atoms with Crippen molar-refractivity contribution >= 4 is 34.3 Å². The first-order chi connectivity index (χ1) is 16.8. The lowest BCUT2D eigenvalue weighted by Gasteiger charge is -2.30. The van der Waals surface area contributed by atoms with E-state index < -0.39 is 0 Å². The molecule has 0 amide bonds. The van der Waals surface area contributed by atoms with Gasteiger partial charge in [0.25, 0.3) is 0 Å². The molecule has 0 spiro atoms. The molecule has 0 bridgehead atoms. The Morgan fingerprint density at radius 2 is 1.66 bits per heavy atom. The van der Waals surface area contributed by atoms with E-state index in [1.807, 2.05) is 67.5 Å². The van der Waals surface area contributed by atoms with E-state index in [4.69, 9.17) is 9.97 Å². The van der Waals surface area contributed by atoms with Crippen molar-refractivity contribution < 1.29 is 0 Å². The molecule has 0 saturated heterocycles. The molecule has 8 heteroatoms. The average Bonchev–Trinajstić information content (AvgIpc) is 3.26. The second-order valence-electron chi connectivity index (χ2n) is 9.44. The standard InChI is InChI=1S/C27H36N8/c1-19(2)34(20(3)4)16-15-28-25-24-26(35(18-29-24)22-12-8-7-9-13-22)32-27(31-25)30-21-11-10-14-23(17-21)33(5)6/h7-14,17-20H,15-16H2,1-6H3,(H2,28,30,31,32). The summed E-state index contributed by atoms with van der Waals surface area (Å²) < 4.78 is 2.00. The van der Waals surface area contributed by atoms with E-state index in [1.54, 1.807) is 0 Å². The third-order valence-electron chi connectivity index (χ3n) is 6.04. The van der Waals surface area contributed by atoms with Gasteiger partial charge >= 0.3 is 0 Å². The number of anilines is 4. The maximum atomic E-state index is 4.86. The van der Waals surface area contributed by atoms with Crippen molar-refractivity contribution in [3.63, 3.8) is 0 Å². The number of hydrogen-bond donors (Lipinski definition) is 2. The first-order valence-corrected chi connectivity index (χ1v) is 12.2. The van der Waals surface area contributed by atoms with Gasteiger partial charge in [0.2, 0.25) is 5.95 Å². The van der Waals surface area contributed by atoms with Gasteiger partial charge in [0.1, 0.15) is 6.33 Å². The highest BCUT2D eigenvalue weighted by Crippen LogP contribution is 2.26. The van der Waals surface area contributed by atoms with Crippen molar-refractivity contribution in [2.45, 2.75) is 39.8 Å². The zero-order valence-electron chi connectivity index (χ0n) is 21.5. The Morgan fingerprint density at radius 3 is 2.34 bits per heavy atom. The lowest BCUT2D eigenvalue weighted by molar-refractivity contribution is 0.182. The zero-order valence-corrected chi connectivity index (χ0v) is 21.5. The predicted molar refractivity (Wildman–Crippen MR) is 146 cm³/mol. The van der Waals surface area contributed by atoms with Crippen LogP contribution in [0, 0.1) is 0 Å². The number of aromatic nitrogens is 4. The summed E-state index contributed by atoms with van der Waals surface area (Å²) in [6.45, 7) is 10.6. The maximum Gasteiger partial charge on any atom is 0.231 e. The van der Waals surface area contributed by atoms with Crippen LogP contribution in [0.4, 0.5) is 23.1 Å². The Hall–Kier alpha value is -3.65. The highest BCUT2D eigenvalue weighted by Gasteiger charge is 2.17. The largest absolute Gasteiger partial charge is 0.378 e.